The highest BCUT2D eigenvalue weighted by Gasteiger charge is 2.13. The van der Waals surface area contributed by atoms with E-state index in [-0.39, 0.29) is 5.57 Å². The number of nitrogens with one attached hydrogen (secondary N) is 1. The molecule has 1 amide bonds. The van der Waals surface area contributed by atoms with Gasteiger partial charge in [-0.3, -0.25) is 10.1 Å². The molecule has 0 spiro atoms. The Morgan fingerprint density at radius 2 is 1.91 bits per heavy atom. The summed E-state index contributed by atoms with van der Waals surface area (Å²) in [7, 11) is 0. The lowest BCUT2D eigenvalue weighted by molar-refractivity contribution is -0.112. The van der Waals surface area contributed by atoms with E-state index in [0.717, 1.165) is 28.2 Å². The maximum Gasteiger partial charge on any atom is 0.268 e. The smallest absolute Gasteiger partial charge is 0.268 e. The fourth-order valence-electron chi connectivity index (χ4n) is 3.35. The molecule has 8 heteroatoms. The lowest BCUT2D eigenvalue weighted by Gasteiger charge is -2.06. The van der Waals surface area contributed by atoms with Crippen molar-refractivity contribution in [2.75, 3.05) is 11.9 Å². The zero-order chi connectivity index (χ0) is 25.0. The second kappa shape index (κ2) is 13.9. The highest BCUT2D eigenvalue weighted by atomic mass is 35.5. The first-order chi connectivity index (χ1) is 17.0. The average Bonchev–Trinajstić information content (AvgIpc) is 3.29. The van der Waals surface area contributed by atoms with Gasteiger partial charge in [0.15, 0.2) is 5.13 Å². The van der Waals surface area contributed by atoms with Crippen LogP contribution in [-0.2, 0) is 11.2 Å². The topological polar surface area (TPSA) is 75.0 Å². The Labute approximate surface area is 220 Å². The Balaban J connectivity index is 1.55. The number of ether oxygens (including phenoxy) is 1. The molecule has 1 aromatic heterocycles. The van der Waals surface area contributed by atoms with E-state index in [9.17, 15) is 10.1 Å². The van der Waals surface area contributed by atoms with E-state index in [1.807, 2.05) is 36.4 Å². The molecule has 0 atom stereocenters. The molecule has 5 nitrogen and oxygen atoms in total. The quantitative estimate of drug-likeness (QED) is 0.147. The number of carbonyl (C=O) groups is 1. The monoisotopic (exact) mass is 527 g/mol. The molecule has 0 bridgehead atoms. The third kappa shape index (κ3) is 8.70. The van der Waals surface area contributed by atoms with Crippen molar-refractivity contribution < 1.29 is 9.53 Å². The van der Waals surface area contributed by atoms with Gasteiger partial charge in [0.2, 0.25) is 0 Å². The first kappa shape index (κ1) is 26.7. The molecule has 0 saturated carbocycles. The molecule has 0 saturated heterocycles. The van der Waals surface area contributed by atoms with E-state index >= 15 is 0 Å². The number of anilines is 1. The maximum atomic E-state index is 12.6. The van der Waals surface area contributed by atoms with E-state index < -0.39 is 5.91 Å². The maximum absolute atomic E-state index is 12.6. The Morgan fingerprint density at radius 1 is 1.14 bits per heavy atom. The molecule has 3 aromatic rings. The normalized spacial score (nSPS) is 11.2. The fourth-order valence-corrected chi connectivity index (χ4v) is 4.56. The Morgan fingerprint density at radius 3 is 2.66 bits per heavy atom. The van der Waals surface area contributed by atoms with Crippen molar-refractivity contribution in [2.24, 2.45) is 0 Å². The van der Waals surface area contributed by atoms with Gasteiger partial charge in [-0.1, -0.05) is 67.9 Å². The van der Waals surface area contributed by atoms with Crippen LogP contribution in [0.5, 0.6) is 5.75 Å². The van der Waals surface area contributed by atoms with Crippen LogP contribution in [0.2, 0.25) is 10.0 Å². The number of amides is 1. The SMILES string of the molecule is CCCCCCCOc1ccc(C=C(C#N)C(=O)Nc2ncc(Cc3cc(Cl)ccc3Cl)s2)cc1. The summed E-state index contributed by atoms with van der Waals surface area (Å²) in [5.41, 5.74) is 1.61. The van der Waals surface area contributed by atoms with Gasteiger partial charge in [-0.25, -0.2) is 4.98 Å². The van der Waals surface area contributed by atoms with Gasteiger partial charge in [0.1, 0.15) is 17.4 Å². The lowest BCUT2D eigenvalue weighted by Crippen LogP contribution is -2.13. The third-order valence-electron chi connectivity index (χ3n) is 5.22. The summed E-state index contributed by atoms with van der Waals surface area (Å²) < 4.78 is 5.77. The van der Waals surface area contributed by atoms with Gasteiger partial charge in [-0.15, -0.1) is 11.3 Å². The van der Waals surface area contributed by atoms with Crippen LogP contribution in [0.3, 0.4) is 0 Å². The predicted molar refractivity (Wildman–Crippen MR) is 144 cm³/mol. The molecule has 0 fully saturated rings. The van der Waals surface area contributed by atoms with Crippen molar-refractivity contribution >= 4 is 51.7 Å². The molecule has 0 radical (unpaired) electrons. The minimum absolute atomic E-state index is 0.00997. The van der Waals surface area contributed by atoms with Gasteiger partial charge in [0.25, 0.3) is 5.91 Å². The molecule has 1 heterocycles. The molecule has 2 aromatic carbocycles. The van der Waals surface area contributed by atoms with Crippen molar-refractivity contribution in [1.29, 1.82) is 5.26 Å². The summed E-state index contributed by atoms with van der Waals surface area (Å²) in [6, 6.07) is 14.6. The van der Waals surface area contributed by atoms with Gasteiger partial charge >= 0.3 is 0 Å². The second-order valence-corrected chi connectivity index (χ2v) is 9.96. The number of unbranched alkanes of at least 4 members (excludes halogenated alkanes) is 4. The van der Waals surface area contributed by atoms with Crippen LogP contribution in [-0.4, -0.2) is 17.5 Å². The summed E-state index contributed by atoms with van der Waals surface area (Å²) in [6.07, 6.45) is 9.69. The molecule has 1 N–H and O–H groups in total. The van der Waals surface area contributed by atoms with Crippen LogP contribution >= 0.6 is 34.5 Å². The molecule has 0 aliphatic heterocycles. The number of carbonyl (C=O) groups excluding carboxylic acids is 1. The van der Waals surface area contributed by atoms with Crippen LogP contribution < -0.4 is 10.1 Å². The Hall–Kier alpha value is -2.85. The van der Waals surface area contributed by atoms with Crippen LogP contribution in [0.1, 0.15) is 55.0 Å². The predicted octanol–water partition coefficient (Wildman–Crippen LogP) is 7.94. The third-order valence-corrected chi connectivity index (χ3v) is 6.74. The van der Waals surface area contributed by atoms with Gasteiger partial charge in [-0.05, 0) is 54.0 Å². The molecular weight excluding hydrogens is 501 g/mol. The second-order valence-electron chi connectivity index (χ2n) is 8.00. The fraction of sp³-hybridized carbons (Fsp3) is 0.296. The van der Waals surface area contributed by atoms with Gasteiger partial charge in [0.05, 0.1) is 6.61 Å². The first-order valence-corrected chi connectivity index (χ1v) is 13.1. The van der Waals surface area contributed by atoms with E-state index in [2.05, 4.69) is 17.2 Å². The molecule has 35 heavy (non-hydrogen) atoms. The molecule has 182 valence electrons. The minimum Gasteiger partial charge on any atom is -0.494 e. The summed E-state index contributed by atoms with van der Waals surface area (Å²) in [4.78, 5) is 17.8. The van der Waals surface area contributed by atoms with Crippen molar-refractivity contribution in [2.45, 2.75) is 45.4 Å². The van der Waals surface area contributed by atoms with Crippen LogP contribution in [0, 0.1) is 11.3 Å². The molecule has 0 aliphatic rings. The number of halogens is 2. The Kier molecular flexibility index (Phi) is 10.6. The van der Waals surface area contributed by atoms with Gasteiger partial charge in [0, 0.05) is 27.5 Å². The zero-order valence-corrected chi connectivity index (χ0v) is 21.8. The van der Waals surface area contributed by atoms with Crippen molar-refractivity contribution in [3.8, 4) is 11.8 Å². The molecular formula is C27H27Cl2N3O2S. The summed E-state index contributed by atoms with van der Waals surface area (Å²) >= 11 is 13.6. The average molecular weight is 529 g/mol. The molecule has 0 aliphatic carbocycles. The van der Waals surface area contributed by atoms with Crippen molar-refractivity contribution in [3.63, 3.8) is 0 Å². The Bertz CT molecular complexity index is 1200. The highest BCUT2D eigenvalue weighted by molar-refractivity contribution is 7.15. The first-order valence-electron chi connectivity index (χ1n) is 11.5. The highest BCUT2D eigenvalue weighted by Crippen LogP contribution is 2.27. The van der Waals surface area contributed by atoms with Crippen LogP contribution in [0.15, 0.2) is 54.2 Å². The number of hydrogen-bond donors (Lipinski definition) is 1. The zero-order valence-electron chi connectivity index (χ0n) is 19.5. The minimum atomic E-state index is -0.512. The van der Waals surface area contributed by atoms with Crippen molar-refractivity contribution in [1.82, 2.24) is 4.98 Å². The van der Waals surface area contributed by atoms with E-state index in [0.29, 0.717) is 28.2 Å². The number of aromatic nitrogens is 1. The van der Waals surface area contributed by atoms with E-state index in [1.165, 1.54) is 37.0 Å². The lowest BCUT2D eigenvalue weighted by atomic mass is 10.1. The number of benzene rings is 2. The summed E-state index contributed by atoms with van der Waals surface area (Å²) in [5, 5.41) is 13.8. The number of hydrogen-bond acceptors (Lipinski definition) is 5. The number of rotatable bonds is 12. The standard InChI is InChI=1S/C27H27Cl2N3O2S/c1-2-3-4-5-6-13-34-23-10-7-19(8-11-23)14-21(17-30)26(33)32-27-31-18-24(35-27)16-20-15-22(28)9-12-25(20)29/h7-12,14-15,18H,2-6,13,16H2,1H3,(H,31,32,33). The molecule has 3 rings (SSSR count). The molecule has 0 unspecified atom stereocenters. The van der Waals surface area contributed by atoms with Gasteiger partial charge in [-0.2, -0.15) is 5.26 Å². The van der Waals surface area contributed by atoms with Gasteiger partial charge < -0.3 is 4.74 Å². The van der Waals surface area contributed by atoms with Crippen LogP contribution in [0.4, 0.5) is 5.13 Å². The number of nitrogens with zero attached hydrogens (tertiary/aromatic N) is 2. The van der Waals surface area contributed by atoms with E-state index in [4.69, 9.17) is 27.9 Å². The van der Waals surface area contributed by atoms with Crippen LogP contribution in [0.25, 0.3) is 6.08 Å². The van der Waals surface area contributed by atoms with Crippen molar-refractivity contribution in [3.05, 3.63) is 80.3 Å². The van der Waals surface area contributed by atoms with E-state index in [1.54, 1.807) is 24.4 Å². The number of nitriles is 1. The largest absolute Gasteiger partial charge is 0.494 e. The summed E-state index contributed by atoms with van der Waals surface area (Å²) in [6.45, 7) is 2.88. The number of thiazole rings is 1. The summed E-state index contributed by atoms with van der Waals surface area (Å²) in [5.74, 6) is 0.261.